The molecule has 48 heavy (non-hydrogen) atoms. The number of guanidine groups is 1. The minimum absolute atomic E-state index is 0.181. The van der Waals surface area contributed by atoms with Crippen molar-refractivity contribution in [3.05, 3.63) is 88.7 Å². The zero-order valence-electron chi connectivity index (χ0n) is 28.9. The molecule has 2 fully saturated rings. The highest BCUT2D eigenvalue weighted by Crippen LogP contribution is 2.36. The maximum Gasteiger partial charge on any atom is 0.413 e. The number of carbonyl (C=O) groups is 2. The molecule has 2 N–H and O–H groups in total. The van der Waals surface area contributed by atoms with Crippen molar-refractivity contribution in [1.82, 2.24) is 25.1 Å². The van der Waals surface area contributed by atoms with Crippen molar-refractivity contribution in [1.29, 1.82) is 0 Å². The van der Waals surface area contributed by atoms with Gasteiger partial charge in [-0.05, 0) is 119 Å². The van der Waals surface area contributed by atoms with Crippen LogP contribution >= 0.6 is 0 Å². The number of hydrogen-bond donors (Lipinski definition) is 2. The second-order valence-corrected chi connectivity index (χ2v) is 13.8. The van der Waals surface area contributed by atoms with E-state index in [4.69, 9.17) is 9.73 Å². The average molecular weight is 649 g/mol. The van der Waals surface area contributed by atoms with Crippen molar-refractivity contribution in [2.75, 3.05) is 39.3 Å². The molecule has 2 aromatic heterocycles. The van der Waals surface area contributed by atoms with E-state index < -0.39 is 11.5 Å². The van der Waals surface area contributed by atoms with Crippen LogP contribution in [0.4, 0.5) is 4.79 Å². The molecule has 4 heterocycles. The van der Waals surface area contributed by atoms with Gasteiger partial charge in [0.05, 0.1) is 12.0 Å². The maximum atomic E-state index is 13.7. The number of alkyl carbamates (subject to hydrolysis) is 1. The summed E-state index contributed by atoms with van der Waals surface area (Å²) in [5, 5.41) is 4.03. The van der Waals surface area contributed by atoms with E-state index in [1.807, 2.05) is 31.1 Å². The fourth-order valence-electron chi connectivity index (χ4n) is 7.31. The first kappa shape index (κ1) is 33.2. The summed E-state index contributed by atoms with van der Waals surface area (Å²) in [5.74, 6) is 1.05. The predicted molar refractivity (Wildman–Crippen MR) is 191 cm³/mol. The fourth-order valence-corrected chi connectivity index (χ4v) is 7.31. The zero-order chi connectivity index (χ0) is 33.8. The third kappa shape index (κ3) is 7.10. The van der Waals surface area contributed by atoms with Gasteiger partial charge >= 0.3 is 6.09 Å². The normalized spacial score (nSPS) is 16.9. The third-order valence-corrected chi connectivity index (χ3v) is 9.84. The van der Waals surface area contributed by atoms with Crippen molar-refractivity contribution in [3.63, 3.8) is 0 Å². The Labute approximate surface area is 283 Å². The number of likely N-dealkylation sites (tertiary alicyclic amines) is 2. The Morgan fingerprint density at radius 2 is 1.73 bits per heavy atom. The molecule has 252 valence electrons. The minimum Gasteiger partial charge on any atom is -0.450 e. The molecule has 0 aliphatic carbocycles. The molecular weight excluding hydrogens is 600 g/mol. The van der Waals surface area contributed by atoms with Crippen LogP contribution in [0.3, 0.4) is 0 Å². The molecule has 9 nitrogen and oxygen atoms in total. The molecule has 0 saturated carbocycles. The molecule has 4 aromatic rings. The number of amides is 2. The molecule has 2 aromatic carbocycles. The van der Waals surface area contributed by atoms with Crippen molar-refractivity contribution >= 4 is 28.9 Å². The predicted octanol–water partition coefficient (Wildman–Crippen LogP) is 6.88. The van der Waals surface area contributed by atoms with Gasteiger partial charge in [-0.25, -0.2) is 4.79 Å². The number of aliphatic imine (C=N–C) groups is 1. The number of aromatic nitrogens is 2. The first-order valence-corrected chi connectivity index (χ1v) is 17.3. The molecule has 2 aliphatic rings. The van der Waals surface area contributed by atoms with E-state index in [0.29, 0.717) is 24.8 Å². The molecule has 0 bridgehead atoms. The van der Waals surface area contributed by atoms with Gasteiger partial charge in [0.15, 0.2) is 0 Å². The molecule has 6 rings (SSSR count). The van der Waals surface area contributed by atoms with Crippen LogP contribution in [0.2, 0.25) is 0 Å². The number of pyridine rings is 1. The summed E-state index contributed by atoms with van der Waals surface area (Å²) in [5.41, 5.74) is 8.36. The lowest BCUT2D eigenvalue weighted by atomic mass is 9.82. The number of H-pyrrole nitrogens is 1. The van der Waals surface area contributed by atoms with Crippen molar-refractivity contribution in [2.24, 2.45) is 4.99 Å². The lowest BCUT2D eigenvalue weighted by Gasteiger charge is -2.29. The highest BCUT2D eigenvalue weighted by molar-refractivity contribution is 5.95. The van der Waals surface area contributed by atoms with Crippen LogP contribution in [0.25, 0.3) is 22.2 Å². The third-order valence-electron chi connectivity index (χ3n) is 9.84. The summed E-state index contributed by atoms with van der Waals surface area (Å²) in [4.78, 5) is 43.3. The van der Waals surface area contributed by atoms with E-state index in [1.165, 1.54) is 16.7 Å². The van der Waals surface area contributed by atoms with Crippen LogP contribution in [0.5, 0.6) is 0 Å². The summed E-state index contributed by atoms with van der Waals surface area (Å²) < 4.78 is 5.25. The number of ether oxygens (including phenoxy) is 1. The number of rotatable bonds is 8. The monoisotopic (exact) mass is 648 g/mol. The lowest BCUT2D eigenvalue weighted by molar-refractivity contribution is -0.135. The molecule has 1 unspecified atom stereocenters. The summed E-state index contributed by atoms with van der Waals surface area (Å²) >= 11 is 0. The van der Waals surface area contributed by atoms with Gasteiger partial charge in [-0.2, -0.15) is 0 Å². The number of nitrogens with zero attached hydrogens (tertiary/aromatic N) is 4. The van der Waals surface area contributed by atoms with Gasteiger partial charge < -0.3 is 19.5 Å². The Hall–Kier alpha value is -4.66. The van der Waals surface area contributed by atoms with Crippen LogP contribution in [-0.2, 0) is 21.4 Å². The number of fused-ring (bicyclic) bond motifs is 1. The second-order valence-electron chi connectivity index (χ2n) is 13.8. The van der Waals surface area contributed by atoms with Gasteiger partial charge in [-0.1, -0.05) is 23.3 Å². The van der Waals surface area contributed by atoms with E-state index >= 15 is 0 Å². The quantitative estimate of drug-likeness (QED) is 0.160. The number of carbonyl (C=O) groups excluding carboxylic acids is 2. The van der Waals surface area contributed by atoms with Crippen molar-refractivity contribution < 1.29 is 14.3 Å². The number of aryl methyl sites for hydroxylation is 2. The van der Waals surface area contributed by atoms with E-state index in [0.717, 1.165) is 78.7 Å². The highest BCUT2D eigenvalue weighted by Gasteiger charge is 2.35. The van der Waals surface area contributed by atoms with E-state index in [-0.39, 0.29) is 12.5 Å². The van der Waals surface area contributed by atoms with E-state index in [2.05, 4.69) is 82.6 Å². The molecular formula is C39H48N6O3. The molecule has 2 aliphatic heterocycles. The Morgan fingerprint density at radius 3 is 2.44 bits per heavy atom. The first-order valence-electron chi connectivity index (χ1n) is 17.3. The van der Waals surface area contributed by atoms with Gasteiger partial charge in [-0.15, -0.1) is 0 Å². The minimum atomic E-state index is -0.650. The summed E-state index contributed by atoms with van der Waals surface area (Å²) in [6.45, 7) is 14.1. The summed E-state index contributed by atoms with van der Waals surface area (Å²) in [7, 11) is 0. The summed E-state index contributed by atoms with van der Waals surface area (Å²) in [6.07, 6.45) is 6.89. The summed E-state index contributed by atoms with van der Waals surface area (Å²) in [6, 6.07) is 17.1. The topological polar surface area (TPSA) is 103 Å². The Morgan fingerprint density at radius 1 is 1.00 bits per heavy atom. The average Bonchev–Trinajstić information content (AvgIpc) is 3.85. The second kappa shape index (κ2) is 14.2. The molecule has 2 saturated heterocycles. The van der Waals surface area contributed by atoms with Gasteiger partial charge in [0, 0.05) is 67.6 Å². The Kier molecular flexibility index (Phi) is 9.85. The van der Waals surface area contributed by atoms with Crippen LogP contribution in [0, 0.1) is 13.8 Å². The smallest absolute Gasteiger partial charge is 0.413 e. The van der Waals surface area contributed by atoms with Crippen LogP contribution in [0.1, 0.15) is 73.8 Å². The van der Waals surface area contributed by atoms with Gasteiger partial charge in [-0.3, -0.25) is 20.1 Å². The van der Waals surface area contributed by atoms with E-state index in [9.17, 15) is 9.59 Å². The fraction of sp³-hybridized carbons (Fsp3) is 0.436. The number of aromatic amines is 1. The SMILES string of the molecule is CCOC(=O)NC(=NCCc1c(-c2cc(C)cc(C)c2)[nH]c2ccc(C(C)(C)C(=O)N3CCCC3)cc12)N1CCC(c2ccncc2)C1. The Balaban J connectivity index is 1.34. The standard InChI is InChI=1S/C39H48N6O3/c1-6-48-38(47)43-37(45-20-14-29(25-45)28-11-15-40-16-12-28)41-17-13-32-33-24-31(39(4,5)36(46)44-18-7-8-19-44)9-10-34(33)42-35(32)30-22-26(2)21-27(3)23-30/h9-12,15-16,21-24,29,42H,6-8,13-14,17-20,25H2,1-5H3,(H,41,43,47). The lowest BCUT2D eigenvalue weighted by Crippen LogP contribution is -2.43. The number of hydrogen-bond acceptors (Lipinski definition) is 5. The maximum absolute atomic E-state index is 13.7. The van der Waals surface area contributed by atoms with Crippen LogP contribution in [0.15, 0.2) is 65.9 Å². The number of benzene rings is 2. The highest BCUT2D eigenvalue weighted by atomic mass is 16.5. The molecule has 1 atom stereocenters. The number of nitrogens with one attached hydrogen (secondary N) is 2. The largest absolute Gasteiger partial charge is 0.450 e. The zero-order valence-corrected chi connectivity index (χ0v) is 28.9. The van der Waals surface area contributed by atoms with Crippen LogP contribution in [-0.4, -0.2) is 77.1 Å². The van der Waals surface area contributed by atoms with Crippen molar-refractivity contribution in [3.8, 4) is 11.3 Å². The van der Waals surface area contributed by atoms with E-state index in [1.54, 1.807) is 6.92 Å². The molecule has 0 radical (unpaired) electrons. The van der Waals surface area contributed by atoms with Gasteiger partial charge in [0.1, 0.15) is 0 Å². The van der Waals surface area contributed by atoms with Gasteiger partial charge in [0.2, 0.25) is 11.9 Å². The molecule has 2 amide bonds. The van der Waals surface area contributed by atoms with Crippen LogP contribution < -0.4 is 5.32 Å². The van der Waals surface area contributed by atoms with Crippen molar-refractivity contribution in [2.45, 2.75) is 71.6 Å². The first-order chi connectivity index (χ1) is 23.1. The molecule has 0 spiro atoms. The Bertz CT molecular complexity index is 1780. The molecule has 9 heteroatoms. The van der Waals surface area contributed by atoms with Gasteiger partial charge in [0.25, 0.3) is 0 Å².